The summed E-state index contributed by atoms with van der Waals surface area (Å²) >= 11 is 1.69. The Labute approximate surface area is 121 Å². The zero-order valence-corrected chi connectivity index (χ0v) is 11.9. The van der Waals surface area contributed by atoms with E-state index in [0.717, 1.165) is 27.2 Å². The van der Waals surface area contributed by atoms with E-state index in [9.17, 15) is 0 Å². The third-order valence-corrected chi connectivity index (χ3v) is 4.89. The van der Waals surface area contributed by atoms with Crippen molar-refractivity contribution in [2.75, 3.05) is 5.73 Å². The van der Waals surface area contributed by atoms with Crippen LogP contribution in [-0.4, -0.2) is 9.97 Å². The van der Waals surface area contributed by atoms with Crippen LogP contribution in [0.2, 0.25) is 0 Å². The predicted molar refractivity (Wildman–Crippen MR) is 83.9 cm³/mol. The number of nitrogens with zero attached hydrogens (tertiary/aromatic N) is 2. The van der Waals surface area contributed by atoms with Crippen LogP contribution in [0.25, 0.3) is 21.5 Å². The fourth-order valence-electron chi connectivity index (χ4n) is 2.57. The molecule has 0 bridgehead atoms. The summed E-state index contributed by atoms with van der Waals surface area (Å²) in [5.74, 6) is 0.677. The van der Waals surface area contributed by atoms with Crippen molar-refractivity contribution in [3.63, 3.8) is 0 Å². The molecule has 0 spiro atoms. The number of anilines is 1. The highest BCUT2D eigenvalue weighted by molar-refractivity contribution is 7.13. The lowest BCUT2D eigenvalue weighted by molar-refractivity contribution is 0.413. The van der Waals surface area contributed by atoms with Gasteiger partial charge in [-0.2, -0.15) is 0 Å². The van der Waals surface area contributed by atoms with Crippen molar-refractivity contribution in [3.05, 3.63) is 41.5 Å². The number of pyridine rings is 1. The van der Waals surface area contributed by atoms with Gasteiger partial charge in [-0.15, -0.1) is 11.3 Å². The van der Waals surface area contributed by atoms with Gasteiger partial charge < -0.3 is 5.73 Å². The lowest BCUT2D eigenvalue weighted by atomic mass is 9.83. The smallest absolute Gasteiger partial charge is 0.142 e. The van der Waals surface area contributed by atoms with Crippen LogP contribution >= 0.6 is 11.3 Å². The molecular weight excluding hydrogens is 266 g/mol. The molecule has 20 heavy (non-hydrogen) atoms. The second-order valence-electron chi connectivity index (χ2n) is 5.38. The molecule has 4 heteroatoms. The summed E-state index contributed by atoms with van der Waals surface area (Å²) in [5.41, 5.74) is 8.81. The van der Waals surface area contributed by atoms with Crippen LogP contribution in [0.5, 0.6) is 0 Å². The van der Waals surface area contributed by atoms with Gasteiger partial charge in [-0.05, 0) is 36.4 Å². The van der Waals surface area contributed by atoms with Gasteiger partial charge in [0.2, 0.25) is 0 Å². The van der Waals surface area contributed by atoms with Gasteiger partial charge in [0.15, 0.2) is 0 Å². The molecular formula is C16H15N3S. The Balaban J connectivity index is 1.75. The first-order chi connectivity index (χ1) is 9.79. The van der Waals surface area contributed by atoms with Crippen molar-refractivity contribution in [2.45, 2.75) is 25.2 Å². The molecule has 1 saturated carbocycles. The van der Waals surface area contributed by atoms with Crippen molar-refractivity contribution in [3.8, 4) is 10.7 Å². The van der Waals surface area contributed by atoms with Crippen molar-refractivity contribution >= 4 is 27.8 Å². The molecule has 3 aromatic rings. The lowest BCUT2D eigenvalue weighted by Gasteiger charge is -2.22. The highest BCUT2D eigenvalue weighted by atomic mass is 32.1. The third-order valence-electron chi connectivity index (χ3n) is 4.01. The van der Waals surface area contributed by atoms with Gasteiger partial charge in [0.25, 0.3) is 0 Å². The van der Waals surface area contributed by atoms with Crippen LogP contribution in [0, 0.1) is 0 Å². The Morgan fingerprint density at radius 1 is 1.15 bits per heavy atom. The zero-order chi connectivity index (χ0) is 13.5. The van der Waals surface area contributed by atoms with Gasteiger partial charge in [0, 0.05) is 28.6 Å². The van der Waals surface area contributed by atoms with E-state index < -0.39 is 0 Å². The Morgan fingerprint density at radius 2 is 2.05 bits per heavy atom. The average Bonchev–Trinajstić information content (AvgIpc) is 2.85. The summed E-state index contributed by atoms with van der Waals surface area (Å²) in [5, 5.41) is 5.43. The van der Waals surface area contributed by atoms with Crippen molar-refractivity contribution < 1.29 is 0 Å². The van der Waals surface area contributed by atoms with E-state index in [2.05, 4.69) is 16.4 Å². The normalized spacial score (nSPS) is 15.4. The molecule has 1 aliphatic carbocycles. The molecule has 0 amide bonds. The number of nitrogens with two attached hydrogens (primary N) is 1. The Bertz CT molecular complexity index is 774. The van der Waals surface area contributed by atoms with Crippen LogP contribution in [0.1, 0.15) is 30.9 Å². The number of aromatic nitrogens is 2. The molecule has 2 N–H and O–H groups in total. The van der Waals surface area contributed by atoms with Crippen LogP contribution in [0.3, 0.4) is 0 Å². The van der Waals surface area contributed by atoms with Crippen molar-refractivity contribution in [2.24, 2.45) is 0 Å². The third kappa shape index (κ3) is 1.96. The topological polar surface area (TPSA) is 51.8 Å². The first-order valence-corrected chi connectivity index (χ1v) is 7.79. The summed E-state index contributed by atoms with van der Waals surface area (Å²) in [7, 11) is 0. The summed E-state index contributed by atoms with van der Waals surface area (Å²) in [6, 6.07) is 7.97. The zero-order valence-electron chi connectivity index (χ0n) is 11.0. The first-order valence-electron chi connectivity index (χ1n) is 6.91. The number of fused-ring (bicyclic) bond motifs is 1. The standard InChI is InChI=1S/C16H15N3S/c17-13-5-4-11-8-18-14(7-12(11)6-13)16-19-15(9-20-16)10-2-1-3-10/h4-10H,1-3,17H2. The molecule has 0 unspecified atom stereocenters. The molecule has 4 rings (SSSR count). The van der Waals surface area contributed by atoms with Gasteiger partial charge in [-0.3, -0.25) is 4.98 Å². The number of rotatable bonds is 2. The van der Waals surface area contributed by atoms with Crippen LogP contribution in [0.4, 0.5) is 5.69 Å². The molecule has 2 aromatic heterocycles. The van der Waals surface area contributed by atoms with Gasteiger partial charge in [0.05, 0.1) is 11.4 Å². The number of benzene rings is 1. The van der Waals surface area contributed by atoms with E-state index in [4.69, 9.17) is 10.7 Å². The summed E-state index contributed by atoms with van der Waals surface area (Å²) < 4.78 is 0. The summed E-state index contributed by atoms with van der Waals surface area (Å²) in [4.78, 5) is 9.29. The fraction of sp³-hybridized carbons (Fsp3) is 0.250. The molecule has 0 aliphatic heterocycles. The molecule has 1 fully saturated rings. The van der Waals surface area contributed by atoms with Gasteiger partial charge in [0.1, 0.15) is 5.01 Å². The Morgan fingerprint density at radius 3 is 2.85 bits per heavy atom. The average molecular weight is 281 g/mol. The number of thiazole rings is 1. The minimum absolute atomic E-state index is 0.677. The van der Waals surface area contributed by atoms with Crippen molar-refractivity contribution in [1.29, 1.82) is 0 Å². The quantitative estimate of drug-likeness (QED) is 0.716. The van der Waals surface area contributed by atoms with Crippen LogP contribution < -0.4 is 5.73 Å². The van der Waals surface area contributed by atoms with Gasteiger partial charge in [-0.1, -0.05) is 12.5 Å². The number of nitrogen functional groups attached to an aromatic ring is 1. The van der Waals surface area contributed by atoms with E-state index in [1.165, 1.54) is 25.0 Å². The monoisotopic (exact) mass is 281 g/mol. The van der Waals surface area contributed by atoms with E-state index in [-0.39, 0.29) is 0 Å². The Hall–Kier alpha value is -1.94. The maximum atomic E-state index is 5.85. The van der Waals surface area contributed by atoms with Crippen molar-refractivity contribution in [1.82, 2.24) is 9.97 Å². The van der Waals surface area contributed by atoms with Crippen LogP contribution in [-0.2, 0) is 0 Å². The first kappa shape index (κ1) is 11.9. The number of hydrogen-bond donors (Lipinski definition) is 1. The van der Waals surface area contributed by atoms with E-state index in [1.807, 2.05) is 24.4 Å². The molecule has 100 valence electrons. The largest absolute Gasteiger partial charge is 0.399 e. The van der Waals surface area contributed by atoms with Crippen LogP contribution in [0.15, 0.2) is 35.8 Å². The molecule has 0 radical (unpaired) electrons. The maximum absolute atomic E-state index is 5.85. The minimum atomic E-state index is 0.677. The predicted octanol–water partition coefficient (Wildman–Crippen LogP) is 4.21. The highest BCUT2D eigenvalue weighted by Gasteiger charge is 2.22. The molecule has 1 aromatic carbocycles. The van der Waals surface area contributed by atoms with E-state index >= 15 is 0 Å². The fourth-order valence-corrected chi connectivity index (χ4v) is 3.44. The second kappa shape index (κ2) is 4.56. The summed E-state index contributed by atoms with van der Waals surface area (Å²) in [6.07, 6.45) is 5.80. The van der Waals surface area contributed by atoms with E-state index in [0.29, 0.717) is 5.92 Å². The molecule has 3 nitrogen and oxygen atoms in total. The van der Waals surface area contributed by atoms with Gasteiger partial charge in [-0.25, -0.2) is 4.98 Å². The second-order valence-corrected chi connectivity index (χ2v) is 6.24. The SMILES string of the molecule is Nc1ccc2cnc(-c3nc(C4CCC4)cs3)cc2c1. The lowest BCUT2D eigenvalue weighted by Crippen LogP contribution is -2.08. The summed E-state index contributed by atoms with van der Waals surface area (Å²) in [6.45, 7) is 0. The molecule has 0 saturated heterocycles. The molecule has 2 heterocycles. The maximum Gasteiger partial charge on any atom is 0.142 e. The Kier molecular flexibility index (Phi) is 2.70. The number of hydrogen-bond acceptors (Lipinski definition) is 4. The van der Waals surface area contributed by atoms with Gasteiger partial charge >= 0.3 is 0 Å². The molecule has 0 atom stereocenters. The van der Waals surface area contributed by atoms with E-state index in [1.54, 1.807) is 11.3 Å². The molecule has 1 aliphatic rings. The minimum Gasteiger partial charge on any atom is -0.399 e. The highest BCUT2D eigenvalue weighted by Crippen LogP contribution is 2.38.